The molecule has 20 heavy (non-hydrogen) atoms. The van der Waals surface area contributed by atoms with Crippen LogP contribution in [-0.2, 0) is 16.7 Å². The maximum Gasteiger partial charge on any atom is 0.231 e. The second-order valence-electron chi connectivity index (χ2n) is 4.74. The Morgan fingerprint density at radius 3 is 2.90 bits per heavy atom. The van der Waals surface area contributed by atoms with Gasteiger partial charge in [0.05, 0.1) is 13.0 Å². The van der Waals surface area contributed by atoms with Crippen molar-refractivity contribution in [1.29, 1.82) is 0 Å². The van der Waals surface area contributed by atoms with E-state index >= 15 is 0 Å². The van der Waals surface area contributed by atoms with E-state index in [1.54, 1.807) is 13.0 Å². The molecule has 0 aliphatic rings. The maximum atomic E-state index is 13.7. The van der Waals surface area contributed by atoms with Gasteiger partial charge >= 0.3 is 0 Å². The molecular weight excluding hydrogens is 285 g/mol. The van der Waals surface area contributed by atoms with Crippen LogP contribution in [-0.4, -0.2) is 23.9 Å². The van der Waals surface area contributed by atoms with E-state index in [-0.39, 0.29) is 18.9 Å². The van der Waals surface area contributed by atoms with Gasteiger partial charge < -0.3 is 15.0 Å². The predicted octanol–water partition coefficient (Wildman–Crippen LogP) is 2.27. The van der Waals surface area contributed by atoms with Crippen LogP contribution >= 0.6 is 11.6 Å². The number of hydrogen-bond donors (Lipinski definition) is 1. The summed E-state index contributed by atoms with van der Waals surface area (Å²) in [6.45, 7) is 1.97. The first kappa shape index (κ1) is 14.9. The van der Waals surface area contributed by atoms with Crippen molar-refractivity contribution in [2.24, 2.45) is 5.73 Å². The van der Waals surface area contributed by atoms with E-state index in [9.17, 15) is 4.39 Å². The van der Waals surface area contributed by atoms with Crippen LogP contribution in [0.1, 0.15) is 24.2 Å². The fourth-order valence-corrected chi connectivity index (χ4v) is 2.01. The smallest absolute Gasteiger partial charge is 0.231 e. The molecule has 0 spiro atoms. The van der Waals surface area contributed by atoms with Gasteiger partial charge in [-0.3, -0.25) is 0 Å². The average Bonchev–Trinajstić information content (AvgIpc) is 2.83. The van der Waals surface area contributed by atoms with Crippen molar-refractivity contribution in [1.82, 2.24) is 10.1 Å². The highest BCUT2D eigenvalue weighted by atomic mass is 35.5. The Kier molecular flexibility index (Phi) is 4.37. The van der Waals surface area contributed by atoms with Crippen molar-refractivity contribution in [2.75, 3.05) is 13.7 Å². The highest BCUT2D eigenvalue weighted by molar-refractivity contribution is 6.31. The molecule has 0 fully saturated rings. The third-order valence-corrected chi connectivity index (χ3v) is 3.17. The molecule has 2 N–H and O–H groups in total. The normalized spacial score (nSPS) is 14.2. The van der Waals surface area contributed by atoms with Gasteiger partial charge in [0.15, 0.2) is 5.82 Å². The first-order chi connectivity index (χ1) is 9.44. The van der Waals surface area contributed by atoms with Crippen LogP contribution in [0.3, 0.4) is 0 Å². The summed E-state index contributed by atoms with van der Waals surface area (Å²) in [7, 11) is 1.53. The van der Waals surface area contributed by atoms with Crippen LogP contribution < -0.4 is 5.73 Å². The van der Waals surface area contributed by atoms with E-state index in [0.29, 0.717) is 16.4 Å². The summed E-state index contributed by atoms with van der Waals surface area (Å²) < 4.78 is 23.8. The molecule has 0 aliphatic carbocycles. The number of ether oxygens (including phenoxy) is 1. The highest BCUT2D eigenvalue weighted by Gasteiger charge is 2.27. The maximum absolute atomic E-state index is 13.7. The van der Waals surface area contributed by atoms with Crippen molar-refractivity contribution in [3.8, 4) is 0 Å². The molecule has 2 aromatic rings. The third kappa shape index (κ3) is 3.15. The summed E-state index contributed by atoms with van der Waals surface area (Å²) >= 11 is 5.95. The molecule has 0 bridgehead atoms. The van der Waals surface area contributed by atoms with Crippen molar-refractivity contribution in [3.63, 3.8) is 0 Å². The van der Waals surface area contributed by atoms with E-state index in [0.717, 1.165) is 0 Å². The molecule has 1 unspecified atom stereocenters. The van der Waals surface area contributed by atoms with Gasteiger partial charge in [0, 0.05) is 17.7 Å². The average molecular weight is 300 g/mol. The number of halogens is 2. The number of nitrogens with two attached hydrogens (primary N) is 1. The molecule has 1 aromatic heterocycles. The summed E-state index contributed by atoms with van der Waals surface area (Å²) in [6, 6.07) is 4.47. The summed E-state index contributed by atoms with van der Waals surface area (Å²) in [5.41, 5.74) is 5.45. The molecule has 0 radical (unpaired) electrons. The van der Waals surface area contributed by atoms with E-state index in [1.165, 1.54) is 19.2 Å². The number of nitrogens with zero attached hydrogens (tertiary/aromatic N) is 2. The molecule has 0 amide bonds. The van der Waals surface area contributed by atoms with Crippen LogP contribution in [0, 0.1) is 5.82 Å². The molecule has 108 valence electrons. The number of rotatable bonds is 5. The molecule has 1 atom stereocenters. The molecule has 2 rings (SSSR count). The highest BCUT2D eigenvalue weighted by Crippen LogP contribution is 2.22. The fraction of sp³-hybridized carbons (Fsp3) is 0.385. The van der Waals surface area contributed by atoms with E-state index in [1.807, 2.05) is 0 Å². The quantitative estimate of drug-likeness (QED) is 0.917. The summed E-state index contributed by atoms with van der Waals surface area (Å²) in [4.78, 5) is 4.17. The van der Waals surface area contributed by atoms with E-state index in [4.69, 9.17) is 26.6 Å². The lowest BCUT2D eigenvalue weighted by molar-refractivity contribution is 0.135. The van der Waals surface area contributed by atoms with Crippen LogP contribution in [0.25, 0.3) is 0 Å². The zero-order valence-corrected chi connectivity index (χ0v) is 11.9. The van der Waals surface area contributed by atoms with Gasteiger partial charge in [0.1, 0.15) is 11.4 Å². The Balaban J connectivity index is 2.22. The number of hydrogen-bond acceptors (Lipinski definition) is 5. The zero-order chi connectivity index (χ0) is 14.8. The Hall–Kier alpha value is -1.50. The number of methoxy groups -OCH3 is 1. The van der Waals surface area contributed by atoms with E-state index in [2.05, 4.69) is 10.1 Å². The van der Waals surface area contributed by atoms with Gasteiger partial charge in [-0.2, -0.15) is 4.98 Å². The second kappa shape index (κ2) is 5.87. The first-order valence-electron chi connectivity index (χ1n) is 5.98. The number of benzene rings is 1. The van der Waals surface area contributed by atoms with Crippen molar-refractivity contribution < 1.29 is 13.7 Å². The van der Waals surface area contributed by atoms with Gasteiger partial charge in [0.2, 0.25) is 5.89 Å². The Labute approximate surface area is 120 Å². The van der Waals surface area contributed by atoms with Gasteiger partial charge in [-0.05, 0) is 19.1 Å². The van der Waals surface area contributed by atoms with Crippen LogP contribution in [0.2, 0.25) is 5.02 Å². The Bertz CT molecular complexity index is 581. The SMILES string of the molecule is COCC(C)(N)c1noc(Cc2c(F)cccc2Cl)n1. The van der Waals surface area contributed by atoms with Crippen molar-refractivity contribution >= 4 is 11.6 Å². The Morgan fingerprint density at radius 1 is 1.50 bits per heavy atom. The predicted molar refractivity (Wildman–Crippen MR) is 71.9 cm³/mol. The van der Waals surface area contributed by atoms with E-state index < -0.39 is 11.4 Å². The fourth-order valence-electron chi connectivity index (χ4n) is 1.78. The largest absolute Gasteiger partial charge is 0.382 e. The number of aromatic nitrogens is 2. The molecule has 7 heteroatoms. The lowest BCUT2D eigenvalue weighted by atomic mass is 10.1. The molecule has 1 aromatic carbocycles. The zero-order valence-electron chi connectivity index (χ0n) is 11.2. The third-order valence-electron chi connectivity index (χ3n) is 2.81. The van der Waals surface area contributed by atoms with Crippen LogP contribution in [0.4, 0.5) is 4.39 Å². The topological polar surface area (TPSA) is 74.2 Å². The summed E-state index contributed by atoms with van der Waals surface area (Å²) in [6.07, 6.45) is 0.113. The lowest BCUT2D eigenvalue weighted by Gasteiger charge is -2.18. The lowest BCUT2D eigenvalue weighted by Crippen LogP contribution is -2.39. The first-order valence-corrected chi connectivity index (χ1v) is 6.35. The molecule has 0 saturated carbocycles. The molecule has 5 nitrogen and oxygen atoms in total. The van der Waals surface area contributed by atoms with Gasteiger partial charge in [-0.15, -0.1) is 0 Å². The van der Waals surface area contributed by atoms with Crippen LogP contribution in [0.5, 0.6) is 0 Å². The summed E-state index contributed by atoms with van der Waals surface area (Å²) in [5.74, 6) is 0.145. The summed E-state index contributed by atoms with van der Waals surface area (Å²) in [5, 5.41) is 4.12. The standard InChI is InChI=1S/C13H15ClFN3O2/c1-13(16,7-19-2)12-17-11(20-18-12)6-8-9(14)4-3-5-10(8)15/h3-5H,6-7,16H2,1-2H3. The molecule has 0 aliphatic heterocycles. The molecule has 0 saturated heterocycles. The van der Waals surface area contributed by atoms with Gasteiger partial charge in [0.25, 0.3) is 0 Å². The molecular formula is C13H15ClFN3O2. The second-order valence-corrected chi connectivity index (χ2v) is 5.15. The minimum atomic E-state index is -0.866. The minimum absolute atomic E-state index is 0.113. The van der Waals surface area contributed by atoms with Gasteiger partial charge in [-0.1, -0.05) is 22.8 Å². The Morgan fingerprint density at radius 2 is 2.25 bits per heavy atom. The van der Waals surface area contributed by atoms with Crippen LogP contribution in [0.15, 0.2) is 22.7 Å². The minimum Gasteiger partial charge on any atom is -0.382 e. The molecule has 1 heterocycles. The van der Waals surface area contributed by atoms with Gasteiger partial charge in [-0.25, -0.2) is 4.39 Å². The van der Waals surface area contributed by atoms with Crippen molar-refractivity contribution in [2.45, 2.75) is 18.9 Å². The monoisotopic (exact) mass is 299 g/mol. The van der Waals surface area contributed by atoms with Crippen molar-refractivity contribution in [3.05, 3.63) is 46.3 Å².